The van der Waals surface area contributed by atoms with Crippen LogP contribution in [0.15, 0.2) is 42.7 Å². The van der Waals surface area contributed by atoms with Crippen LogP contribution in [-0.2, 0) is 26.0 Å². The van der Waals surface area contributed by atoms with Crippen LogP contribution in [0.3, 0.4) is 0 Å². The SMILES string of the molecule is CS(=O)(=O)N1CCCc2ccc(NC(=O)C(=O)NCC3CCN(c4cccnc4)CC3)cc21. The molecule has 2 amide bonds. The van der Waals surface area contributed by atoms with Gasteiger partial charge in [0.25, 0.3) is 0 Å². The molecule has 2 aliphatic rings. The first-order chi connectivity index (χ1) is 15.8. The minimum Gasteiger partial charge on any atom is -0.370 e. The molecule has 0 saturated carbocycles. The zero-order chi connectivity index (χ0) is 23.4. The number of hydrogen-bond acceptors (Lipinski definition) is 6. The third-order valence-corrected chi connectivity index (χ3v) is 7.38. The van der Waals surface area contributed by atoms with Gasteiger partial charge >= 0.3 is 11.8 Å². The molecule has 2 N–H and O–H groups in total. The second kappa shape index (κ2) is 9.78. The summed E-state index contributed by atoms with van der Waals surface area (Å²) in [6, 6.07) is 9.08. The molecule has 33 heavy (non-hydrogen) atoms. The standard InChI is InChI=1S/C23H29N5O4S/c1-33(31,32)28-11-3-4-18-6-7-19(14-21(18)28)26-23(30)22(29)25-15-17-8-12-27(13-9-17)20-5-2-10-24-16-20/h2,5-7,10,14,16-17H,3-4,8-9,11-13,15H2,1H3,(H,25,29)(H,26,30). The van der Waals surface area contributed by atoms with Crippen molar-refractivity contribution in [3.63, 3.8) is 0 Å². The maximum Gasteiger partial charge on any atom is 0.313 e. The van der Waals surface area contributed by atoms with E-state index in [1.165, 1.54) is 10.6 Å². The number of pyridine rings is 1. The Morgan fingerprint density at radius 2 is 1.91 bits per heavy atom. The lowest BCUT2D eigenvalue weighted by Gasteiger charge is -2.33. The highest BCUT2D eigenvalue weighted by Gasteiger charge is 2.25. The van der Waals surface area contributed by atoms with E-state index < -0.39 is 21.8 Å². The first-order valence-electron chi connectivity index (χ1n) is 11.2. The van der Waals surface area contributed by atoms with Crippen LogP contribution in [0.4, 0.5) is 17.1 Å². The van der Waals surface area contributed by atoms with Crippen LogP contribution in [-0.4, -0.2) is 57.7 Å². The number of aryl methyl sites for hydroxylation is 1. The highest BCUT2D eigenvalue weighted by molar-refractivity contribution is 7.92. The van der Waals surface area contributed by atoms with Crippen LogP contribution in [0.1, 0.15) is 24.8 Å². The van der Waals surface area contributed by atoms with Crippen LogP contribution in [0.5, 0.6) is 0 Å². The number of carbonyl (C=O) groups excluding carboxylic acids is 2. The molecule has 3 heterocycles. The van der Waals surface area contributed by atoms with E-state index in [2.05, 4.69) is 20.5 Å². The predicted molar refractivity (Wildman–Crippen MR) is 128 cm³/mol. The Bertz CT molecular complexity index is 1110. The molecule has 9 nitrogen and oxygen atoms in total. The molecule has 0 spiro atoms. The Kier molecular flexibility index (Phi) is 6.83. The Hall–Kier alpha value is -3.14. The van der Waals surface area contributed by atoms with Gasteiger partial charge in [-0.2, -0.15) is 0 Å². The van der Waals surface area contributed by atoms with Crippen LogP contribution in [0.2, 0.25) is 0 Å². The number of piperidine rings is 1. The van der Waals surface area contributed by atoms with E-state index in [1.807, 2.05) is 18.3 Å². The van der Waals surface area contributed by atoms with Crippen molar-refractivity contribution in [1.82, 2.24) is 10.3 Å². The summed E-state index contributed by atoms with van der Waals surface area (Å²) in [5.74, 6) is -1.14. The summed E-state index contributed by atoms with van der Waals surface area (Å²) in [5, 5.41) is 5.33. The number of anilines is 3. The van der Waals surface area contributed by atoms with Gasteiger partial charge in [0.15, 0.2) is 0 Å². The Balaban J connectivity index is 1.29. The zero-order valence-electron chi connectivity index (χ0n) is 18.7. The van der Waals surface area contributed by atoms with Gasteiger partial charge in [-0.15, -0.1) is 0 Å². The summed E-state index contributed by atoms with van der Waals surface area (Å²) in [6.07, 6.45) is 8.13. The van der Waals surface area contributed by atoms with Crippen LogP contribution in [0.25, 0.3) is 0 Å². The molecule has 0 unspecified atom stereocenters. The molecule has 1 saturated heterocycles. The second-order valence-corrected chi connectivity index (χ2v) is 10.5. The Labute approximate surface area is 194 Å². The number of carbonyl (C=O) groups is 2. The largest absolute Gasteiger partial charge is 0.370 e. The fourth-order valence-corrected chi connectivity index (χ4v) is 5.39. The van der Waals surface area contributed by atoms with E-state index in [0.717, 1.165) is 50.0 Å². The molecule has 4 rings (SSSR count). The van der Waals surface area contributed by atoms with Gasteiger partial charge in [0, 0.05) is 38.1 Å². The van der Waals surface area contributed by atoms with Crippen molar-refractivity contribution in [3.8, 4) is 0 Å². The molecular formula is C23H29N5O4S. The van der Waals surface area contributed by atoms with E-state index in [-0.39, 0.29) is 0 Å². The number of nitrogens with one attached hydrogen (secondary N) is 2. The lowest BCUT2D eigenvalue weighted by Crippen LogP contribution is -2.42. The van der Waals surface area contributed by atoms with E-state index in [1.54, 1.807) is 24.4 Å². The summed E-state index contributed by atoms with van der Waals surface area (Å²) in [5.41, 5.74) is 2.96. The van der Waals surface area contributed by atoms with Gasteiger partial charge in [0.05, 0.1) is 23.8 Å². The quantitative estimate of drug-likeness (QED) is 0.643. The Morgan fingerprint density at radius 3 is 2.61 bits per heavy atom. The molecule has 2 aromatic rings. The van der Waals surface area contributed by atoms with Gasteiger partial charge in [-0.05, 0) is 61.4 Å². The minimum absolute atomic E-state index is 0.307. The summed E-state index contributed by atoms with van der Waals surface area (Å²) in [4.78, 5) is 31.2. The molecule has 1 aromatic heterocycles. The van der Waals surface area contributed by atoms with Crippen molar-refractivity contribution >= 4 is 38.9 Å². The van der Waals surface area contributed by atoms with E-state index in [4.69, 9.17) is 0 Å². The van der Waals surface area contributed by atoms with Gasteiger partial charge in [0.1, 0.15) is 0 Å². The predicted octanol–water partition coefficient (Wildman–Crippen LogP) is 1.77. The van der Waals surface area contributed by atoms with Crippen LogP contribution >= 0.6 is 0 Å². The number of rotatable bonds is 5. The summed E-state index contributed by atoms with van der Waals surface area (Å²) in [7, 11) is -3.41. The molecule has 0 bridgehead atoms. The minimum atomic E-state index is -3.41. The number of sulfonamides is 1. The fraction of sp³-hybridized carbons (Fsp3) is 0.435. The third-order valence-electron chi connectivity index (χ3n) is 6.20. The lowest BCUT2D eigenvalue weighted by molar-refractivity contribution is -0.136. The first kappa shape index (κ1) is 23.0. The number of hydrogen-bond donors (Lipinski definition) is 2. The highest BCUT2D eigenvalue weighted by Crippen LogP contribution is 2.31. The van der Waals surface area contributed by atoms with Gasteiger partial charge in [-0.3, -0.25) is 18.9 Å². The molecule has 1 aromatic carbocycles. The summed E-state index contributed by atoms with van der Waals surface area (Å²) in [6.45, 7) is 2.61. The van der Waals surface area contributed by atoms with Crippen molar-refractivity contribution in [2.24, 2.45) is 5.92 Å². The van der Waals surface area contributed by atoms with Gasteiger partial charge < -0.3 is 15.5 Å². The van der Waals surface area contributed by atoms with Crippen LogP contribution in [0, 0.1) is 5.92 Å². The Morgan fingerprint density at radius 1 is 1.12 bits per heavy atom. The van der Waals surface area contributed by atoms with Crippen molar-refractivity contribution in [3.05, 3.63) is 48.3 Å². The molecule has 176 valence electrons. The first-order valence-corrected chi connectivity index (χ1v) is 13.0. The lowest BCUT2D eigenvalue weighted by atomic mass is 9.96. The smallest absolute Gasteiger partial charge is 0.313 e. The number of amides is 2. The zero-order valence-corrected chi connectivity index (χ0v) is 19.5. The van der Waals surface area contributed by atoms with Crippen molar-refractivity contribution in [1.29, 1.82) is 0 Å². The molecule has 0 aliphatic carbocycles. The topological polar surface area (TPSA) is 112 Å². The molecule has 2 aliphatic heterocycles. The van der Waals surface area contributed by atoms with Gasteiger partial charge in [-0.1, -0.05) is 6.07 Å². The van der Waals surface area contributed by atoms with Gasteiger partial charge in [0.2, 0.25) is 10.0 Å². The molecule has 1 fully saturated rings. The average Bonchev–Trinajstić information content (AvgIpc) is 2.82. The second-order valence-electron chi connectivity index (χ2n) is 8.59. The van der Waals surface area contributed by atoms with Crippen molar-refractivity contribution in [2.75, 3.05) is 47.0 Å². The molecule has 0 atom stereocenters. The molecular weight excluding hydrogens is 442 g/mol. The number of fused-ring (bicyclic) bond motifs is 1. The van der Waals surface area contributed by atoms with Crippen LogP contribution < -0.4 is 19.8 Å². The van der Waals surface area contributed by atoms with Crippen molar-refractivity contribution in [2.45, 2.75) is 25.7 Å². The fourth-order valence-electron chi connectivity index (χ4n) is 4.40. The van der Waals surface area contributed by atoms with Gasteiger partial charge in [-0.25, -0.2) is 8.42 Å². The van der Waals surface area contributed by atoms with E-state index in [0.29, 0.717) is 30.4 Å². The highest BCUT2D eigenvalue weighted by atomic mass is 32.2. The number of benzene rings is 1. The average molecular weight is 472 g/mol. The van der Waals surface area contributed by atoms with Crippen molar-refractivity contribution < 1.29 is 18.0 Å². The third kappa shape index (κ3) is 5.62. The number of aromatic nitrogens is 1. The maximum atomic E-state index is 12.4. The maximum absolute atomic E-state index is 12.4. The molecule has 10 heteroatoms. The van der Waals surface area contributed by atoms with E-state index in [9.17, 15) is 18.0 Å². The normalized spacial score (nSPS) is 16.8. The molecule has 0 radical (unpaired) electrons. The van der Waals surface area contributed by atoms with E-state index >= 15 is 0 Å². The number of nitrogens with zero attached hydrogens (tertiary/aromatic N) is 3. The summed E-state index contributed by atoms with van der Waals surface area (Å²) >= 11 is 0. The monoisotopic (exact) mass is 471 g/mol. The summed E-state index contributed by atoms with van der Waals surface area (Å²) < 4.78 is 25.5.